The summed E-state index contributed by atoms with van der Waals surface area (Å²) in [6.45, 7) is 0.797. The number of carbonyl (C=O) groups is 1. The second-order valence-electron chi connectivity index (χ2n) is 4.77. The molecule has 0 spiro atoms. The Morgan fingerprint density at radius 2 is 2.17 bits per heavy atom. The number of rotatable bonds is 5. The number of carbonyl (C=O) groups excluding carboxylic acids is 1. The zero-order valence-corrected chi connectivity index (χ0v) is 14.0. The molecule has 118 valence electrons. The molecule has 2 heterocycles. The van der Waals surface area contributed by atoms with Crippen LogP contribution in [0.3, 0.4) is 0 Å². The number of halogens is 1. The van der Waals surface area contributed by atoms with Crippen LogP contribution in [0.4, 0.5) is 5.13 Å². The maximum Gasteiger partial charge on any atom is 0.278 e. The number of hydrogen-bond donors (Lipinski definition) is 0. The third-order valence-corrected chi connectivity index (χ3v) is 4.51. The lowest BCUT2D eigenvalue weighted by molar-refractivity contribution is 0.0971. The van der Waals surface area contributed by atoms with E-state index >= 15 is 0 Å². The van der Waals surface area contributed by atoms with Gasteiger partial charge >= 0.3 is 0 Å². The van der Waals surface area contributed by atoms with Gasteiger partial charge in [-0.3, -0.25) is 14.7 Å². The van der Waals surface area contributed by atoms with E-state index in [2.05, 4.69) is 9.97 Å². The van der Waals surface area contributed by atoms with E-state index < -0.39 is 0 Å². The molecule has 0 atom stereocenters. The van der Waals surface area contributed by atoms with Gasteiger partial charge in [-0.25, -0.2) is 4.98 Å². The molecule has 3 rings (SSSR count). The van der Waals surface area contributed by atoms with Gasteiger partial charge in [-0.1, -0.05) is 35.1 Å². The predicted molar refractivity (Wildman–Crippen MR) is 92.4 cm³/mol. The number of anilines is 1. The van der Waals surface area contributed by atoms with Gasteiger partial charge in [0.1, 0.15) is 5.69 Å². The number of aromatic nitrogens is 2. The number of para-hydroxylation sites is 1. The van der Waals surface area contributed by atoms with E-state index in [1.807, 2.05) is 24.3 Å². The van der Waals surface area contributed by atoms with Gasteiger partial charge in [0.2, 0.25) is 0 Å². The second-order valence-corrected chi connectivity index (χ2v) is 6.22. The first-order chi connectivity index (χ1) is 11.2. The molecule has 0 aliphatic rings. The maximum absolute atomic E-state index is 12.8. The molecule has 5 nitrogen and oxygen atoms in total. The molecule has 0 saturated carbocycles. The Morgan fingerprint density at radius 3 is 2.91 bits per heavy atom. The smallest absolute Gasteiger partial charge is 0.278 e. The monoisotopic (exact) mass is 347 g/mol. The molecule has 0 N–H and O–H groups in total. The van der Waals surface area contributed by atoms with Gasteiger partial charge in [0.25, 0.3) is 5.91 Å². The molecular weight excluding hydrogens is 334 g/mol. The number of thiazole rings is 1. The SMILES string of the molecule is COCCN(C(=O)c1cc(Cl)ccn1)c1nc2ccccc2s1. The lowest BCUT2D eigenvalue weighted by Gasteiger charge is -2.18. The molecule has 0 unspecified atom stereocenters. The van der Waals surface area contributed by atoms with Crippen LogP contribution in [0.5, 0.6) is 0 Å². The van der Waals surface area contributed by atoms with Crippen LogP contribution >= 0.6 is 22.9 Å². The average molecular weight is 348 g/mol. The summed E-state index contributed by atoms with van der Waals surface area (Å²) in [6.07, 6.45) is 1.52. The fraction of sp³-hybridized carbons (Fsp3) is 0.188. The summed E-state index contributed by atoms with van der Waals surface area (Å²) in [5.41, 5.74) is 1.15. The molecule has 0 aliphatic carbocycles. The highest BCUT2D eigenvalue weighted by Crippen LogP contribution is 2.29. The number of amides is 1. The minimum atomic E-state index is -0.247. The topological polar surface area (TPSA) is 55.3 Å². The molecule has 0 bridgehead atoms. The minimum absolute atomic E-state index is 0.247. The first kappa shape index (κ1) is 15.9. The first-order valence-corrected chi connectivity index (χ1v) is 8.16. The molecule has 0 fully saturated rings. The van der Waals surface area contributed by atoms with Crippen molar-refractivity contribution < 1.29 is 9.53 Å². The fourth-order valence-corrected chi connectivity index (χ4v) is 3.25. The zero-order chi connectivity index (χ0) is 16.2. The van der Waals surface area contributed by atoms with Crippen LogP contribution < -0.4 is 4.90 Å². The lowest BCUT2D eigenvalue weighted by atomic mass is 10.3. The van der Waals surface area contributed by atoms with Crippen molar-refractivity contribution >= 4 is 44.2 Å². The van der Waals surface area contributed by atoms with Crippen molar-refractivity contribution in [1.82, 2.24) is 9.97 Å². The van der Waals surface area contributed by atoms with E-state index in [4.69, 9.17) is 16.3 Å². The van der Waals surface area contributed by atoms with E-state index in [9.17, 15) is 4.79 Å². The highest BCUT2D eigenvalue weighted by molar-refractivity contribution is 7.22. The van der Waals surface area contributed by atoms with Crippen molar-refractivity contribution in [3.05, 3.63) is 53.3 Å². The maximum atomic E-state index is 12.8. The van der Waals surface area contributed by atoms with E-state index in [0.29, 0.717) is 23.3 Å². The van der Waals surface area contributed by atoms with Crippen molar-refractivity contribution in [2.24, 2.45) is 0 Å². The van der Waals surface area contributed by atoms with E-state index in [1.165, 1.54) is 17.5 Å². The highest BCUT2D eigenvalue weighted by Gasteiger charge is 2.22. The van der Waals surface area contributed by atoms with Crippen LogP contribution in [-0.2, 0) is 4.74 Å². The van der Waals surface area contributed by atoms with Crippen molar-refractivity contribution in [3.8, 4) is 0 Å². The van der Waals surface area contributed by atoms with Gasteiger partial charge in [0, 0.05) is 18.3 Å². The Labute approximate surface area is 142 Å². The standard InChI is InChI=1S/C16H14ClN3O2S/c1-22-9-8-20(15(21)13-10-11(17)6-7-18-13)16-19-12-4-2-3-5-14(12)23-16/h2-7,10H,8-9H2,1H3. The predicted octanol–water partition coefficient (Wildman–Crippen LogP) is 3.64. The fourth-order valence-electron chi connectivity index (χ4n) is 2.10. The number of ether oxygens (including phenoxy) is 1. The van der Waals surface area contributed by atoms with Gasteiger partial charge in [0.15, 0.2) is 5.13 Å². The van der Waals surface area contributed by atoms with Crippen LogP contribution in [0.1, 0.15) is 10.5 Å². The third-order valence-electron chi connectivity index (χ3n) is 3.22. The van der Waals surface area contributed by atoms with Crippen molar-refractivity contribution in [2.45, 2.75) is 0 Å². The van der Waals surface area contributed by atoms with E-state index in [0.717, 1.165) is 10.2 Å². The summed E-state index contributed by atoms with van der Waals surface area (Å²) in [6, 6.07) is 11.0. The van der Waals surface area contributed by atoms with Gasteiger partial charge < -0.3 is 4.74 Å². The Kier molecular flexibility index (Phi) is 4.85. The van der Waals surface area contributed by atoms with Crippen LogP contribution in [0.2, 0.25) is 5.02 Å². The molecule has 0 radical (unpaired) electrons. The molecule has 2 aromatic heterocycles. The summed E-state index contributed by atoms with van der Waals surface area (Å²) < 4.78 is 6.14. The van der Waals surface area contributed by atoms with Crippen LogP contribution in [0.15, 0.2) is 42.6 Å². The van der Waals surface area contributed by atoms with Crippen LogP contribution in [-0.4, -0.2) is 36.1 Å². The number of pyridine rings is 1. The summed E-state index contributed by atoms with van der Waals surface area (Å²) in [5, 5.41) is 1.09. The van der Waals surface area contributed by atoms with Gasteiger partial charge in [-0.2, -0.15) is 0 Å². The Balaban J connectivity index is 1.98. The lowest BCUT2D eigenvalue weighted by Crippen LogP contribution is -2.34. The zero-order valence-electron chi connectivity index (χ0n) is 12.4. The molecule has 1 amide bonds. The molecule has 3 aromatic rings. The largest absolute Gasteiger partial charge is 0.383 e. The quantitative estimate of drug-likeness (QED) is 0.707. The second kappa shape index (κ2) is 7.04. The van der Waals surface area contributed by atoms with E-state index in [-0.39, 0.29) is 11.6 Å². The van der Waals surface area contributed by atoms with Crippen LogP contribution in [0.25, 0.3) is 10.2 Å². The van der Waals surface area contributed by atoms with Crippen molar-refractivity contribution in [1.29, 1.82) is 0 Å². The average Bonchev–Trinajstić information content (AvgIpc) is 2.98. The van der Waals surface area contributed by atoms with Gasteiger partial charge in [-0.15, -0.1) is 0 Å². The number of fused-ring (bicyclic) bond motifs is 1. The van der Waals surface area contributed by atoms with Gasteiger partial charge in [0.05, 0.1) is 23.4 Å². The Hall–Kier alpha value is -2.02. The Bertz CT molecular complexity index is 804. The first-order valence-electron chi connectivity index (χ1n) is 6.97. The molecule has 0 saturated heterocycles. The minimum Gasteiger partial charge on any atom is -0.383 e. The molecular formula is C16H14ClN3O2S. The molecule has 0 aliphatic heterocycles. The van der Waals surface area contributed by atoms with Crippen LogP contribution in [0, 0.1) is 0 Å². The molecule has 23 heavy (non-hydrogen) atoms. The summed E-state index contributed by atoms with van der Waals surface area (Å²) in [4.78, 5) is 23.0. The summed E-state index contributed by atoms with van der Waals surface area (Å²) in [7, 11) is 1.60. The van der Waals surface area contributed by atoms with Crippen molar-refractivity contribution in [3.63, 3.8) is 0 Å². The molecule has 7 heteroatoms. The number of methoxy groups -OCH3 is 1. The molecule has 1 aromatic carbocycles. The van der Waals surface area contributed by atoms with E-state index in [1.54, 1.807) is 24.1 Å². The van der Waals surface area contributed by atoms with Gasteiger partial charge in [-0.05, 0) is 24.3 Å². The third kappa shape index (κ3) is 3.50. The summed E-state index contributed by atoms with van der Waals surface area (Å²) in [5.74, 6) is -0.247. The highest BCUT2D eigenvalue weighted by atomic mass is 35.5. The summed E-state index contributed by atoms with van der Waals surface area (Å²) >= 11 is 7.42. The number of hydrogen-bond acceptors (Lipinski definition) is 5. The normalized spacial score (nSPS) is 10.9. The number of benzene rings is 1. The number of nitrogens with zero attached hydrogens (tertiary/aromatic N) is 3. The van der Waals surface area contributed by atoms with Crippen molar-refractivity contribution in [2.75, 3.05) is 25.2 Å². The Morgan fingerprint density at radius 1 is 1.35 bits per heavy atom.